The first-order chi connectivity index (χ1) is 69.1. The molecule has 0 saturated carbocycles. The van der Waals surface area contributed by atoms with Gasteiger partial charge in [0.05, 0.1) is 68.9 Å². The van der Waals surface area contributed by atoms with Crippen molar-refractivity contribution in [2.24, 2.45) is 11.8 Å². The van der Waals surface area contributed by atoms with Gasteiger partial charge in [-0.2, -0.15) is 0 Å². The topological polar surface area (TPSA) is 449 Å². The first-order valence-electron chi connectivity index (χ1n) is 46.1. The Morgan fingerprint density at radius 2 is 0.897 bits per heavy atom. The number of piperazine rings is 2. The molecule has 43 heteroatoms. The van der Waals surface area contributed by atoms with Gasteiger partial charge in [0, 0.05) is 197 Å². The number of methoxy groups -OCH3 is 2. The molecule has 6 saturated heterocycles. The molecular weight excluding hydrogens is 1920 g/mol. The molecule has 6 fully saturated rings. The number of aliphatic carboxylic acids is 1. The Kier molecular flexibility index (Phi) is 38.9. The van der Waals surface area contributed by atoms with Gasteiger partial charge in [0.2, 0.25) is 11.8 Å². The number of aromatic nitrogens is 6. The normalized spacial score (nSPS) is 14.8. The first-order valence-corrected chi connectivity index (χ1v) is 46.8. The molecule has 10 heterocycles. The number of nitrogens with zero attached hydrogens (tertiary/aromatic N) is 11. The molecular formula is C102H103BCl2F2N18NaO19. The number of H-pyrrole nitrogens is 2. The van der Waals surface area contributed by atoms with Crippen LogP contribution in [0.1, 0.15) is 125 Å². The number of aromatic amines is 2. The number of anilines is 8. The van der Waals surface area contributed by atoms with Crippen molar-refractivity contribution in [2.45, 2.75) is 72.1 Å². The molecule has 0 bridgehead atoms. The van der Waals surface area contributed by atoms with Gasteiger partial charge in [0.1, 0.15) is 88.0 Å². The van der Waals surface area contributed by atoms with Crippen molar-refractivity contribution in [1.82, 2.24) is 60.6 Å². The third kappa shape index (κ3) is 28.6. The molecule has 0 unspecified atom stereocenters. The summed E-state index contributed by atoms with van der Waals surface area (Å²) >= 11 is 13.1. The number of imide groups is 2. The maximum Gasteiger partial charge on any atom is 1.00 e. The fourth-order valence-corrected chi connectivity index (χ4v) is 17.5. The molecule has 37 nitrogen and oxygen atoms in total. The number of carbonyl (C=O) groups excluding carboxylic acids is 12. The van der Waals surface area contributed by atoms with E-state index in [1.54, 1.807) is 108 Å². The number of ether oxygens (including phenoxy) is 4. The van der Waals surface area contributed by atoms with E-state index >= 15 is 8.78 Å². The molecule has 0 aliphatic carbocycles. The van der Waals surface area contributed by atoms with Crippen LogP contribution in [0, 0.1) is 23.5 Å². The van der Waals surface area contributed by atoms with Crippen molar-refractivity contribution < 1.29 is 130 Å². The monoisotopic (exact) mass is 2030 g/mol. The smallest absolute Gasteiger partial charge is 0.550 e. The molecule has 747 valence electrons. The van der Waals surface area contributed by atoms with E-state index in [1.165, 1.54) is 48.8 Å². The zero-order valence-electron chi connectivity index (χ0n) is 80.2. The number of aldehydes is 1. The van der Waals surface area contributed by atoms with Crippen LogP contribution < -0.4 is 99.8 Å². The molecule has 6 aliphatic heterocycles. The number of hydrogen-bond acceptors (Lipinski definition) is 29. The van der Waals surface area contributed by atoms with Gasteiger partial charge in [0.25, 0.3) is 11.8 Å². The number of para-hydroxylation sites is 2. The third-order valence-electron chi connectivity index (χ3n) is 24.3. The number of urea groups is 2. The number of piperidine rings is 2. The SMILES string of the molecule is CC(=O)OOC(C)=O.CC(=O)[O-].COc1ccc(C(=O)N2CCN(CCC3CCN(c4ccc(Nc5ncnc6[nH]cc(C(=O)c7ccc(Oc8ccccc8)cc7Cl)c56)cc4F)CC3)CC2)cc1N1CCC(=O)NC1=O.COc1ccc(C(=O)N2CCNCC2)cc1N1CCC(=O)NC1=O.O=CCC1CCN(c2ccc(Nc3ncnc4[nH]cc(C(=O)c5ccc(Oc6ccccc6)cc5Cl)c34)cc2F)CC1.[B].[Na+]. The van der Waals surface area contributed by atoms with Crippen LogP contribution in [0.25, 0.3) is 22.1 Å². The molecule has 18 rings (SSSR count). The number of carboxylic acid groups (broad SMARTS) is 1. The molecule has 8 amide bonds. The van der Waals surface area contributed by atoms with Crippen LogP contribution in [0.15, 0.2) is 195 Å². The maximum absolute atomic E-state index is 15.8. The van der Waals surface area contributed by atoms with E-state index in [9.17, 15) is 52.7 Å². The summed E-state index contributed by atoms with van der Waals surface area (Å²) in [5, 5.41) is 24.4. The number of amides is 8. The molecule has 0 spiro atoms. The fraction of sp³-hybridized carbons (Fsp3) is 0.294. The van der Waals surface area contributed by atoms with Gasteiger partial charge in [-0.05, 0) is 179 Å². The number of nitrogens with one attached hydrogen (secondary N) is 7. The first kappa shape index (κ1) is 109. The minimum atomic E-state index is -1.08. The fourth-order valence-electron chi connectivity index (χ4n) is 17.0. The van der Waals surface area contributed by atoms with Crippen molar-refractivity contribution in [3.63, 3.8) is 0 Å². The van der Waals surface area contributed by atoms with Gasteiger partial charge in [-0.1, -0.05) is 59.6 Å². The number of benzene rings is 8. The Balaban J connectivity index is 0.000000199. The van der Waals surface area contributed by atoms with Gasteiger partial charge < -0.3 is 79.2 Å². The largest absolute Gasteiger partial charge is 1.00 e. The van der Waals surface area contributed by atoms with E-state index in [1.807, 2.05) is 76.5 Å². The van der Waals surface area contributed by atoms with Crippen molar-refractivity contribution in [3.05, 3.63) is 250 Å². The Morgan fingerprint density at radius 1 is 0.483 bits per heavy atom. The predicted molar refractivity (Wildman–Crippen MR) is 533 cm³/mol. The van der Waals surface area contributed by atoms with E-state index < -0.39 is 30.0 Å². The van der Waals surface area contributed by atoms with Crippen LogP contribution in [0.5, 0.6) is 34.5 Å². The predicted octanol–water partition coefficient (Wildman–Crippen LogP) is 11.0. The Hall–Kier alpha value is -14.9. The van der Waals surface area contributed by atoms with E-state index in [0.717, 1.165) is 105 Å². The second kappa shape index (κ2) is 51.8. The third-order valence-corrected chi connectivity index (χ3v) is 24.9. The zero-order valence-corrected chi connectivity index (χ0v) is 83.7. The number of hydrogen-bond donors (Lipinski definition) is 7. The van der Waals surface area contributed by atoms with Gasteiger partial charge >= 0.3 is 53.6 Å². The van der Waals surface area contributed by atoms with Crippen molar-refractivity contribution in [1.29, 1.82) is 0 Å². The van der Waals surface area contributed by atoms with Crippen LogP contribution in [-0.4, -0.2) is 237 Å². The molecule has 12 aromatic rings. The molecule has 145 heavy (non-hydrogen) atoms. The number of halogens is 4. The standard InChI is InChI=1S/C48H47ClFN9O6.C32H27ClFN5O3.C16H20N4O4.C4H6O4.C2H4O2.B.Na/c1-64-41-12-7-31(25-40(41)59-20-16-42(60)55-48(59)63)47(62)58-23-21-56(22-24-58)17-13-30-14-18-57(19-15-30)39-11-8-32(26-38(39)50)54-46-43-36(28-51-45(43)52-29-53-46)44(61)35-10-9-34(27-37(35)49)65-33-5-3-2-4-6-33;33-26-17-23(42-22-4-2-1-3-5-22)7-8-24(26)30(41)25-18-35-31-29(25)32(37-19-36-31)38-21-6-9-28(27(34)16-21)39-13-10-20(11-14-39)12-15-40;1-24-13-3-2-11(15(22)19-8-5-17-6-9-19)10-12(13)20-7-4-14(21)18-16(20)23;1-3(5)7-8-4(2)6;1-2(3)4;;/h2-12,25-30H,13-24H2,1H3,(H,55,60,63)(H2,51,52,53,54);1-9,15-20H,10-14H2,(H2,35,36,37,38);2-3,10,17H,4-9H2,1H3,(H,18,21,23);1-2H3;1H3,(H,3,4);;/q;;;;;;+1/p-1. The molecule has 4 aromatic heterocycles. The van der Waals surface area contributed by atoms with Crippen LogP contribution in [0.3, 0.4) is 0 Å². The Bertz CT molecular complexity index is 6670. The Labute approximate surface area is 866 Å². The van der Waals surface area contributed by atoms with E-state index in [4.69, 9.17) is 52.1 Å². The summed E-state index contributed by atoms with van der Waals surface area (Å²) in [7, 11) is 3.01. The van der Waals surface area contributed by atoms with Crippen molar-refractivity contribution >= 4 is 171 Å². The van der Waals surface area contributed by atoms with Crippen LogP contribution in [-0.2, 0) is 38.5 Å². The maximum atomic E-state index is 15.8. The molecule has 3 radical (unpaired) electrons. The van der Waals surface area contributed by atoms with Crippen LogP contribution in [0.2, 0.25) is 10.0 Å². The molecule has 7 N–H and O–H groups in total. The minimum absolute atomic E-state index is 0. The van der Waals surface area contributed by atoms with Crippen molar-refractivity contribution in [2.75, 3.05) is 143 Å². The summed E-state index contributed by atoms with van der Waals surface area (Å²) in [6, 6.07) is 47.3. The number of carboxylic acids is 1. The number of rotatable bonds is 25. The van der Waals surface area contributed by atoms with E-state index in [2.05, 4.69) is 76.1 Å². The van der Waals surface area contributed by atoms with E-state index in [-0.39, 0.29) is 126 Å². The number of carbonyl (C=O) groups is 12. The van der Waals surface area contributed by atoms with Gasteiger partial charge in [-0.3, -0.25) is 54.1 Å². The molecule has 0 atom stereocenters. The molecule has 6 aliphatic rings. The van der Waals surface area contributed by atoms with Gasteiger partial charge in [-0.25, -0.2) is 57.7 Å². The average molecular weight is 2030 g/mol. The Morgan fingerprint density at radius 3 is 1.28 bits per heavy atom. The molecule has 8 aromatic carbocycles. The van der Waals surface area contributed by atoms with Gasteiger partial charge in [0.15, 0.2) is 11.6 Å². The summed E-state index contributed by atoms with van der Waals surface area (Å²) in [6.45, 7) is 13.0. The number of fused-ring (bicyclic) bond motifs is 2. The van der Waals surface area contributed by atoms with E-state index in [0.29, 0.717) is 188 Å². The summed E-state index contributed by atoms with van der Waals surface area (Å²) in [5.74, 6) is 0.212. The summed E-state index contributed by atoms with van der Waals surface area (Å²) < 4.78 is 53.5. The minimum Gasteiger partial charge on any atom is -0.550 e. The summed E-state index contributed by atoms with van der Waals surface area (Å²) in [6.07, 6.45) is 12.4. The summed E-state index contributed by atoms with van der Waals surface area (Å²) in [5.41, 5.74) is 6.00. The second-order valence-corrected chi connectivity index (χ2v) is 34.6. The van der Waals surface area contributed by atoms with Crippen LogP contribution >= 0.6 is 23.2 Å². The second-order valence-electron chi connectivity index (χ2n) is 33.8. The quantitative estimate of drug-likeness (QED) is 0.00918. The zero-order chi connectivity index (χ0) is 101. The van der Waals surface area contributed by atoms with Crippen molar-refractivity contribution in [3.8, 4) is 34.5 Å². The average Bonchev–Trinajstić information content (AvgIpc) is 1.61. The van der Waals surface area contributed by atoms with Crippen LogP contribution in [0.4, 0.5) is 64.1 Å². The number of ketones is 2. The summed E-state index contributed by atoms with van der Waals surface area (Å²) in [4.78, 5) is 185. The van der Waals surface area contributed by atoms with Gasteiger partial charge in [-0.15, -0.1) is 0 Å².